The van der Waals surface area contributed by atoms with Crippen LogP contribution in [0.2, 0.25) is 0 Å². The van der Waals surface area contributed by atoms with Crippen molar-refractivity contribution in [1.29, 1.82) is 0 Å². The molecule has 1 amide bonds. The van der Waals surface area contributed by atoms with Crippen LogP contribution in [0.15, 0.2) is 36.5 Å². The highest BCUT2D eigenvalue weighted by molar-refractivity contribution is 5.78. The van der Waals surface area contributed by atoms with Gasteiger partial charge in [-0.3, -0.25) is 4.79 Å². The molecule has 1 aliphatic heterocycles. The number of nitrogens with one attached hydrogen (secondary N) is 2. The SMILES string of the molecule is CCC(CC)n1c(CNC(C)C)cc2cnc(Nc3ccc(N4CCN(C(C)=O)CC4)cc3)nc21. The van der Waals surface area contributed by atoms with Crippen molar-refractivity contribution in [2.75, 3.05) is 36.4 Å². The summed E-state index contributed by atoms with van der Waals surface area (Å²) in [5.41, 5.74) is 4.36. The van der Waals surface area contributed by atoms with Gasteiger partial charge in [0.1, 0.15) is 5.65 Å². The number of amides is 1. The number of hydrogen-bond acceptors (Lipinski definition) is 6. The van der Waals surface area contributed by atoms with Gasteiger partial charge < -0.3 is 25.0 Å². The van der Waals surface area contributed by atoms with Crippen molar-refractivity contribution in [2.24, 2.45) is 0 Å². The number of nitrogens with zero attached hydrogens (tertiary/aromatic N) is 5. The number of aromatic nitrogens is 3. The Morgan fingerprint density at radius 2 is 1.74 bits per heavy atom. The first-order valence-corrected chi connectivity index (χ1v) is 12.9. The van der Waals surface area contributed by atoms with Crippen LogP contribution in [0, 0.1) is 0 Å². The van der Waals surface area contributed by atoms with Gasteiger partial charge in [-0.1, -0.05) is 27.7 Å². The van der Waals surface area contributed by atoms with Crippen molar-refractivity contribution in [3.05, 3.63) is 42.2 Å². The largest absolute Gasteiger partial charge is 0.368 e. The molecule has 0 radical (unpaired) electrons. The molecule has 35 heavy (non-hydrogen) atoms. The second-order valence-corrected chi connectivity index (χ2v) is 9.65. The maximum absolute atomic E-state index is 11.6. The molecule has 3 aromatic rings. The van der Waals surface area contributed by atoms with Crippen LogP contribution in [-0.2, 0) is 11.3 Å². The van der Waals surface area contributed by atoms with Crippen LogP contribution >= 0.6 is 0 Å². The van der Waals surface area contributed by atoms with E-state index < -0.39 is 0 Å². The molecule has 1 aliphatic rings. The molecule has 0 unspecified atom stereocenters. The first-order valence-electron chi connectivity index (χ1n) is 12.9. The molecule has 0 aliphatic carbocycles. The highest BCUT2D eigenvalue weighted by Crippen LogP contribution is 2.28. The summed E-state index contributed by atoms with van der Waals surface area (Å²) in [4.78, 5) is 25.3. The Bertz CT molecular complexity index is 1130. The molecule has 2 aromatic heterocycles. The summed E-state index contributed by atoms with van der Waals surface area (Å²) in [6.07, 6.45) is 4.04. The first kappa shape index (κ1) is 25.0. The van der Waals surface area contributed by atoms with E-state index in [1.807, 2.05) is 11.1 Å². The maximum Gasteiger partial charge on any atom is 0.229 e. The Hall–Kier alpha value is -3.13. The lowest BCUT2D eigenvalue weighted by Gasteiger charge is -2.35. The molecule has 8 heteroatoms. The third kappa shape index (κ3) is 5.75. The quantitative estimate of drug-likeness (QED) is 0.465. The van der Waals surface area contributed by atoms with E-state index in [0.717, 1.165) is 62.3 Å². The topological polar surface area (TPSA) is 78.3 Å². The molecule has 2 N–H and O–H groups in total. The van der Waals surface area contributed by atoms with E-state index in [-0.39, 0.29) is 5.91 Å². The highest BCUT2D eigenvalue weighted by atomic mass is 16.2. The lowest BCUT2D eigenvalue weighted by molar-refractivity contribution is -0.129. The van der Waals surface area contributed by atoms with Gasteiger partial charge >= 0.3 is 0 Å². The first-order chi connectivity index (χ1) is 16.9. The van der Waals surface area contributed by atoms with E-state index in [2.05, 4.69) is 83.1 Å². The normalized spacial score (nSPS) is 14.4. The monoisotopic (exact) mass is 477 g/mol. The number of rotatable bonds is 9. The van der Waals surface area contributed by atoms with Crippen molar-refractivity contribution in [3.8, 4) is 0 Å². The maximum atomic E-state index is 11.6. The Balaban J connectivity index is 1.52. The van der Waals surface area contributed by atoms with Gasteiger partial charge in [0.05, 0.1) is 0 Å². The van der Waals surface area contributed by atoms with Crippen molar-refractivity contribution in [2.45, 2.75) is 66.1 Å². The molecule has 4 rings (SSSR count). The summed E-state index contributed by atoms with van der Waals surface area (Å²) in [5.74, 6) is 0.758. The van der Waals surface area contributed by atoms with E-state index in [4.69, 9.17) is 4.98 Å². The lowest BCUT2D eigenvalue weighted by atomic mass is 10.1. The minimum absolute atomic E-state index is 0.153. The standard InChI is InChI=1S/C27H39N7O/c1-6-23(7-2)34-25(18-28-19(3)4)16-21-17-29-27(31-26(21)34)30-22-8-10-24(11-9-22)33-14-12-32(13-15-33)20(5)35/h8-11,16-17,19,23,28H,6-7,12-15,18H2,1-5H3,(H,29,30,31). The fraction of sp³-hybridized carbons (Fsp3) is 0.519. The zero-order chi connectivity index (χ0) is 24.9. The van der Waals surface area contributed by atoms with Crippen LogP contribution in [0.25, 0.3) is 11.0 Å². The van der Waals surface area contributed by atoms with Gasteiger partial charge in [-0.25, -0.2) is 4.98 Å². The molecule has 0 bridgehead atoms. The zero-order valence-corrected chi connectivity index (χ0v) is 21.7. The number of hydrogen-bond donors (Lipinski definition) is 2. The lowest BCUT2D eigenvalue weighted by Crippen LogP contribution is -2.48. The van der Waals surface area contributed by atoms with Gasteiger partial charge in [-0.05, 0) is 43.2 Å². The van der Waals surface area contributed by atoms with E-state index in [0.29, 0.717) is 18.0 Å². The van der Waals surface area contributed by atoms with Crippen LogP contribution in [-0.4, -0.2) is 57.6 Å². The van der Waals surface area contributed by atoms with Gasteiger partial charge in [-0.15, -0.1) is 0 Å². The zero-order valence-electron chi connectivity index (χ0n) is 21.7. The predicted octanol–water partition coefficient (Wildman–Crippen LogP) is 4.70. The number of fused-ring (bicyclic) bond motifs is 1. The minimum atomic E-state index is 0.153. The average Bonchev–Trinajstić information content (AvgIpc) is 3.22. The second-order valence-electron chi connectivity index (χ2n) is 9.65. The minimum Gasteiger partial charge on any atom is -0.368 e. The smallest absolute Gasteiger partial charge is 0.229 e. The fourth-order valence-corrected chi connectivity index (χ4v) is 4.79. The van der Waals surface area contributed by atoms with E-state index in [1.54, 1.807) is 6.92 Å². The summed E-state index contributed by atoms with van der Waals surface area (Å²) in [5, 5.41) is 8.01. The Labute approximate surface area is 208 Å². The number of carbonyl (C=O) groups is 1. The van der Waals surface area contributed by atoms with Gasteiger partial charge in [0.25, 0.3) is 0 Å². The van der Waals surface area contributed by atoms with E-state index >= 15 is 0 Å². The van der Waals surface area contributed by atoms with E-state index in [1.165, 1.54) is 11.4 Å². The molecule has 0 spiro atoms. The van der Waals surface area contributed by atoms with Crippen molar-refractivity contribution < 1.29 is 4.79 Å². The Kier molecular flexibility index (Phi) is 7.90. The molecular formula is C27H39N7O. The van der Waals surface area contributed by atoms with Crippen LogP contribution in [0.1, 0.15) is 59.2 Å². The fourth-order valence-electron chi connectivity index (χ4n) is 4.79. The predicted molar refractivity (Wildman–Crippen MR) is 143 cm³/mol. The number of carbonyl (C=O) groups excluding carboxylic acids is 1. The molecule has 188 valence electrons. The van der Waals surface area contributed by atoms with Crippen molar-refractivity contribution in [3.63, 3.8) is 0 Å². The van der Waals surface area contributed by atoms with Crippen LogP contribution in [0.5, 0.6) is 0 Å². The van der Waals surface area contributed by atoms with Crippen LogP contribution in [0.3, 0.4) is 0 Å². The van der Waals surface area contributed by atoms with Gasteiger partial charge in [0.2, 0.25) is 11.9 Å². The Morgan fingerprint density at radius 1 is 1.06 bits per heavy atom. The van der Waals surface area contributed by atoms with Crippen LogP contribution < -0.4 is 15.5 Å². The summed E-state index contributed by atoms with van der Waals surface area (Å²) in [6.45, 7) is 14.5. The van der Waals surface area contributed by atoms with Crippen molar-refractivity contribution in [1.82, 2.24) is 24.8 Å². The summed E-state index contributed by atoms with van der Waals surface area (Å²) in [6, 6.07) is 11.4. The number of benzene rings is 1. The third-order valence-corrected chi connectivity index (χ3v) is 6.87. The van der Waals surface area contributed by atoms with Crippen LogP contribution in [0.4, 0.5) is 17.3 Å². The number of anilines is 3. The molecule has 0 saturated carbocycles. The van der Waals surface area contributed by atoms with Gasteiger partial charge in [0.15, 0.2) is 0 Å². The summed E-state index contributed by atoms with van der Waals surface area (Å²) >= 11 is 0. The molecule has 1 fully saturated rings. The molecule has 8 nitrogen and oxygen atoms in total. The molecule has 1 saturated heterocycles. The van der Waals surface area contributed by atoms with Crippen molar-refractivity contribution >= 4 is 34.3 Å². The average molecular weight is 478 g/mol. The van der Waals surface area contributed by atoms with Gasteiger partial charge in [0, 0.05) is 80.4 Å². The summed E-state index contributed by atoms with van der Waals surface area (Å²) < 4.78 is 2.39. The highest BCUT2D eigenvalue weighted by Gasteiger charge is 2.19. The Morgan fingerprint density at radius 3 is 2.34 bits per heavy atom. The van der Waals surface area contributed by atoms with E-state index in [9.17, 15) is 4.79 Å². The number of piperazine rings is 1. The van der Waals surface area contributed by atoms with Gasteiger partial charge in [-0.2, -0.15) is 4.98 Å². The third-order valence-electron chi connectivity index (χ3n) is 6.87. The summed E-state index contributed by atoms with van der Waals surface area (Å²) in [7, 11) is 0. The molecule has 3 heterocycles. The molecule has 1 aromatic carbocycles. The molecule has 0 atom stereocenters. The molecular weight excluding hydrogens is 438 g/mol. The second kappa shape index (κ2) is 11.1.